The van der Waals surface area contributed by atoms with E-state index < -0.39 is 6.17 Å². The Kier molecular flexibility index (Phi) is 2.33. The quantitative estimate of drug-likeness (QED) is 0.636. The zero-order chi connectivity index (χ0) is 8.55. The van der Waals surface area contributed by atoms with Gasteiger partial charge in [-0.3, -0.25) is 4.90 Å². The van der Waals surface area contributed by atoms with Crippen LogP contribution < -0.4 is 0 Å². The Balaban J connectivity index is 1.90. The minimum atomic E-state index is -0.620. The molecule has 3 heteroatoms. The van der Waals surface area contributed by atoms with Gasteiger partial charge in [-0.25, -0.2) is 4.39 Å². The molecule has 2 nitrogen and oxygen atoms in total. The number of ether oxygens (including phenoxy) is 1. The second kappa shape index (κ2) is 3.30. The predicted molar refractivity (Wildman–Crippen MR) is 44.9 cm³/mol. The van der Waals surface area contributed by atoms with E-state index in [0.717, 1.165) is 0 Å². The van der Waals surface area contributed by atoms with Crippen LogP contribution in [0.4, 0.5) is 4.39 Å². The molecule has 0 aromatic carbocycles. The molecule has 12 heavy (non-hydrogen) atoms. The molecular weight excluding hydrogens is 157 g/mol. The summed E-state index contributed by atoms with van der Waals surface area (Å²) in [6, 6.07) is 1.02. The largest absolute Gasteiger partial charge is 0.383 e. The summed E-state index contributed by atoms with van der Waals surface area (Å²) in [7, 11) is 1.69. The molecule has 0 aromatic heterocycles. The Bertz CT molecular complexity index is 161. The van der Waals surface area contributed by atoms with Crippen LogP contribution in [0.1, 0.15) is 19.3 Å². The summed E-state index contributed by atoms with van der Waals surface area (Å²) in [6.07, 6.45) is 2.57. The van der Waals surface area contributed by atoms with Crippen molar-refractivity contribution in [1.29, 1.82) is 0 Å². The van der Waals surface area contributed by atoms with E-state index in [0.29, 0.717) is 31.7 Å². The Morgan fingerprint density at radius 3 is 2.83 bits per heavy atom. The monoisotopic (exact) mass is 173 g/mol. The van der Waals surface area contributed by atoms with Gasteiger partial charge in [-0.1, -0.05) is 0 Å². The van der Waals surface area contributed by atoms with E-state index in [2.05, 4.69) is 4.90 Å². The molecule has 1 saturated carbocycles. The SMILES string of the molecule is COC[C@@H]1C[C@@H](F)CN1C1CC1. The van der Waals surface area contributed by atoms with Crippen LogP contribution in [0.3, 0.4) is 0 Å². The fraction of sp³-hybridized carbons (Fsp3) is 1.00. The van der Waals surface area contributed by atoms with Gasteiger partial charge in [0, 0.05) is 25.7 Å². The van der Waals surface area contributed by atoms with Crippen molar-refractivity contribution in [3.63, 3.8) is 0 Å². The molecule has 2 rings (SSSR count). The highest BCUT2D eigenvalue weighted by atomic mass is 19.1. The third-order valence-corrected chi connectivity index (χ3v) is 2.78. The molecule has 1 saturated heterocycles. The van der Waals surface area contributed by atoms with Crippen molar-refractivity contribution >= 4 is 0 Å². The molecule has 0 bridgehead atoms. The zero-order valence-electron chi connectivity index (χ0n) is 7.50. The Labute approximate surface area is 72.7 Å². The van der Waals surface area contributed by atoms with Gasteiger partial charge in [-0.15, -0.1) is 0 Å². The average Bonchev–Trinajstić information content (AvgIpc) is 2.79. The molecule has 0 amide bonds. The highest BCUT2D eigenvalue weighted by molar-refractivity contribution is 4.95. The Hall–Kier alpha value is -0.150. The smallest absolute Gasteiger partial charge is 0.114 e. The van der Waals surface area contributed by atoms with Crippen molar-refractivity contribution in [2.24, 2.45) is 0 Å². The van der Waals surface area contributed by atoms with Crippen LogP contribution in [-0.4, -0.2) is 43.4 Å². The van der Waals surface area contributed by atoms with E-state index in [4.69, 9.17) is 4.74 Å². The summed E-state index contributed by atoms with van der Waals surface area (Å²) < 4.78 is 18.1. The summed E-state index contributed by atoms with van der Waals surface area (Å²) in [4.78, 5) is 2.29. The van der Waals surface area contributed by atoms with E-state index >= 15 is 0 Å². The summed E-state index contributed by atoms with van der Waals surface area (Å²) >= 11 is 0. The number of hydrogen-bond acceptors (Lipinski definition) is 2. The van der Waals surface area contributed by atoms with Gasteiger partial charge < -0.3 is 4.74 Å². The molecule has 2 atom stereocenters. The van der Waals surface area contributed by atoms with Crippen molar-refractivity contribution < 1.29 is 9.13 Å². The average molecular weight is 173 g/mol. The lowest BCUT2D eigenvalue weighted by atomic mass is 10.2. The lowest BCUT2D eigenvalue weighted by Crippen LogP contribution is -2.34. The second-order valence-electron chi connectivity index (χ2n) is 3.87. The number of rotatable bonds is 3. The van der Waals surface area contributed by atoms with Gasteiger partial charge in [0.05, 0.1) is 6.61 Å². The molecule has 1 aliphatic heterocycles. The van der Waals surface area contributed by atoms with Gasteiger partial charge in [-0.2, -0.15) is 0 Å². The standard InChI is InChI=1S/C9H16FNO/c1-12-6-9-4-7(10)5-11(9)8-2-3-8/h7-9H,2-6H2,1H3/t7-,9+/m1/s1. The molecule has 0 radical (unpaired) electrons. The number of hydrogen-bond donors (Lipinski definition) is 0. The van der Waals surface area contributed by atoms with Crippen LogP contribution >= 0.6 is 0 Å². The van der Waals surface area contributed by atoms with Crippen molar-refractivity contribution in [2.45, 2.75) is 37.5 Å². The van der Waals surface area contributed by atoms with Crippen molar-refractivity contribution in [3.05, 3.63) is 0 Å². The first-order valence-corrected chi connectivity index (χ1v) is 4.70. The van der Waals surface area contributed by atoms with Crippen LogP contribution in [0.2, 0.25) is 0 Å². The molecule has 0 spiro atoms. The van der Waals surface area contributed by atoms with Crippen LogP contribution in [0.5, 0.6) is 0 Å². The van der Waals surface area contributed by atoms with Crippen molar-refractivity contribution in [1.82, 2.24) is 4.90 Å². The molecule has 2 aliphatic rings. The topological polar surface area (TPSA) is 12.5 Å². The fourth-order valence-corrected chi connectivity index (χ4v) is 2.09. The molecular formula is C9H16FNO. The number of alkyl halides is 1. The number of methoxy groups -OCH3 is 1. The van der Waals surface area contributed by atoms with Gasteiger partial charge in [0.25, 0.3) is 0 Å². The predicted octanol–water partition coefficient (Wildman–Crippen LogP) is 1.21. The lowest BCUT2D eigenvalue weighted by molar-refractivity contribution is 0.111. The van der Waals surface area contributed by atoms with E-state index in [9.17, 15) is 4.39 Å². The molecule has 70 valence electrons. The zero-order valence-corrected chi connectivity index (χ0v) is 7.50. The molecule has 0 N–H and O–H groups in total. The van der Waals surface area contributed by atoms with Gasteiger partial charge in [0.2, 0.25) is 0 Å². The first-order chi connectivity index (χ1) is 5.81. The van der Waals surface area contributed by atoms with Gasteiger partial charge in [0.1, 0.15) is 6.17 Å². The number of likely N-dealkylation sites (tertiary alicyclic amines) is 1. The van der Waals surface area contributed by atoms with Crippen molar-refractivity contribution in [2.75, 3.05) is 20.3 Å². The number of nitrogens with zero attached hydrogens (tertiary/aromatic N) is 1. The maximum Gasteiger partial charge on any atom is 0.114 e. The molecule has 2 fully saturated rings. The van der Waals surface area contributed by atoms with Gasteiger partial charge >= 0.3 is 0 Å². The third-order valence-electron chi connectivity index (χ3n) is 2.78. The highest BCUT2D eigenvalue weighted by Crippen LogP contribution is 2.34. The first-order valence-electron chi connectivity index (χ1n) is 4.70. The molecule has 1 aliphatic carbocycles. The lowest BCUT2D eigenvalue weighted by Gasteiger charge is -2.22. The molecule has 1 heterocycles. The summed E-state index contributed by atoms with van der Waals surface area (Å²) in [5.41, 5.74) is 0. The van der Waals surface area contributed by atoms with Crippen LogP contribution in [0.25, 0.3) is 0 Å². The number of halogens is 1. The minimum absolute atomic E-state index is 0.345. The minimum Gasteiger partial charge on any atom is -0.383 e. The van der Waals surface area contributed by atoms with Gasteiger partial charge in [0.15, 0.2) is 0 Å². The van der Waals surface area contributed by atoms with Crippen LogP contribution in [0.15, 0.2) is 0 Å². The molecule has 0 aromatic rings. The molecule has 0 unspecified atom stereocenters. The maximum atomic E-state index is 13.0. The van der Waals surface area contributed by atoms with Gasteiger partial charge in [-0.05, 0) is 19.3 Å². The summed E-state index contributed by atoms with van der Waals surface area (Å²) in [6.45, 7) is 1.33. The van der Waals surface area contributed by atoms with Crippen LogP contribution in [-0.2, 0) is 4.74 Å². The maximum absolute atomic E-state index is 13.0. The van der Waals surface area contributed by atoms with E-state index in [1.54, 1.807) is 7.11 Å². The second-order valence-corrected chi connectivity index (χ2v) is 3.87. The summed E-state index contributed by atoms with van der Waals surface area (Å²) in [5, 5.41) is 0. The normalized spacial score (nSPS) is 37.5. The van der Waals surface area contributed by atoms with E-state index in [1.807, 2.05) is 0 Å². The van der Waals surface area contributed by atoms with Crippen molar-refractivity contribution in [3.8, 4) is 0 Å². The first kappa shape index (κ1) is 8.45. The van der Waals surface area contributed by atoms with E-state index in [1.165, 1.54) is 12.8 Å². The summed E-state index contributed by atoms with van der Waals surface area (Å²) in [5.74, 6) is 0. The Morgan fingerprint density at radius 1 is 1.50 bits per heavy atom. The highest BCUT2D eigenvalue weighted by Gasteiger charge is 2.40. The Morgan fingerprint density at radius 2 is 2.25 bits per heavy atom. The third kappa shape index (κ3) is 1.62. The van der Waals surface area contributed by atoms with E-state index in [-0.39, 0.29) is 0 Å². The fourth-order valence-electron chi connectivity index (χ4n) is 2.09. The van der Waals surface area contributed by atoms with Crippen LogP contribution in [0, 0.1) is 0 Å².